The number of benzene rings is 2. The Balaban J connectivity index is 2.10. The summed E-state index contributed by atoms with van der Waals surface area (Å²) in [6.45, 7) is 0.548. The lowest BCUT2D eigenvalue weighted by atomic mass is 9.98. The second kappa shape index (κ2) is 7.41. The van der Waals surface area contributed by atoms with Crippen molar-refractivity contribution in [1.29, 1.82) is 0 Å². The van der Waals surface area contributed by atoms with Gasteiger partial charge in [0.2, 0.25) is 0 Å². The Kier molecular flexibility index (Phi) is 5.28. The van der Waals surface area contributed by atoms with Crippen LogP contribution in [0.15, 0.2) is 42.5 Å². The highest BCUT2D eigenvalue weighted by atomic mass is 79.9. The first-order valence-electron chi connectivity index (χ1n) is 7.35. The van der Waals surface area contributed by atoms with Gasteiger partial charge in [0.1, 0.15) is 12.4 Å². The van der Waals surface area contributed by atoms with Crippen LogP contribution < -0.4 is 4.74 Å². The van der Waals surface area contributed by atoms with Crippen molar-refractivity contribution in [3.63, 3.8) is 0 Å². The number of alkyl halides is 1. The third kappa shape index (κ3) is 3.40. The Morgan fingerprint density at radius 1 is 1.30 bits per heavy atom. The number of esters is 1. The van der Waals surface area contributed by atoms with E-state index in [1.54, 1.807) is 6.07 Å². The standard InChI is InChI=1S/C18H17BrO3S/c1-21-18(20)12-6-7-16-15(10-12)17(23-9-8-19)14-5-3-2-4-13(14)11-22-16/h2-7,10,17H,8-9,11H2,1H3. The van der Waals surface area contributed by atoms with Crippen LogP contribution in [0.4, 0.5) is 0 Å². The minimum atomic E-state index is -0.324. The molecular formula is C18H17BrO3S. The molecule has 0 fully saturated rings. The summed E-state index contributed by atoms with van der Waals surface area (Å²) >= 11 is 5.34. The van der Waals surface area contributed by atoms with E-state index in [-0.39, 0.29) is 11.2 Å². The lowest BCUT2D eigenvalue weighted by molar-refractivity contribution is 0.0600. The zero-order chi connectivity index (χ0) is 16.2. The predicted molar refractivity (Wildman–Crippen MR) is 96.7 cm³/mol. The molecule has 0 radical (unpaired) electrons. The molecule has 1 aliphatic rings. The van der Waals surface area contributed by atoms with Gasteiger partial charge in [-0.15, -0.1) is 11.8 Å². The second-order valence-electron chi connectivity index (χ2n) is 5.17. The molecule has 23 heavy (non-hydrogen) atoms. The van der Waals surface area contributed by atoms with Crippen molar-refractivity contribution >= 4 is 33.7 Å². The quantitative estimate of drug-likeness (QED) is 0.563. The van der Waals surface area contributed by atoms with Gasteiger partial charge in [0.15, 0.2) is 0 Å². The lowest BCUT2D eigenvalue weighted by Gasteiger charge is -2.19. The van der Waals surface area contributed by atoms with Crippen LogP contribution in [-0.2, 0) is 11.3 Å². The Hall–Kier alpha value is -1.46. The van der Waals surface area contributed by atoms with Gasteiger partial charge in [0, 0.05) is 16.6 Å². The monoisotopic (exact) mass is 392 g/mol. The smallest absolute Gasteiger partial charge is 0.337 e. The van der Waals surface area contributed by atoms with Crippen LogP contribution in [0.1, 0.15) is 32.3 Å². The molecule has 0 saturated heterocycles. The van der Waals surface area contributed by atoms with Crippen molar-refractivity contribution in [2.75, 3.05) is 18.2 Å². The summed E-state index contributed by atoms with van der Waals surface area (Å²) in [5.74, 6) is 1.48. The van der Waals surface area contributed by atoms with Gasteiger partial charge in [-0.3, -0.25) is 0 Å². The zero-order valence-corrected chi connectivity index (χ0v) is 15.2. The highest BCUT2D eigenvalue weighted by molar-refractivity contribution is 9.09. The van der Waals surface area contributed by atoms with Crippen molar-refractivity contribution in [3.05, 3.63) is 64.7 Å². The number of fused-ring (bicyclic) bond motifs is 2. The van der Waals surface area contributed by atoms with Gasteiger partial charge in [0.05, 0.1) is 17.9 Å². The number of rotatable bonds is 4. The maximum atomic E-state index is 11.9. The minimum absolute atomic E-state index is 0.144. The summed E-state index contributed by atoms with van der Waals surface area (Å²) < 4.78 is 10.8. The van der Waals surface area contributed by atoms with Crippen molar-refractivity contribution in [2.45, 2.75) is 11.9 Å². The van der Waals surface area contributed by atoms with Gasteiger partial charge in [-0.05, 0) is 29.3 Å². The summed E-state index contributed by atoms with van der Waals surface area (Å²) in [7, 11) is 1.40. The van der Waals surface area contributed by atoms with Gasteiger partial charge in [0.25, 0.3) is 0 Å². The van der Waals surface area contributed by atoms with Crippen molar-refractivity contribution in [3.8, 4) is 5.75 Å². The van der Waals surface area contributed by atoms with E-state index in [1.807, 2.05) is 30.0 Å². The van der Waals surface area contributed by atoms with E-state index in [9.17, 15) is 4.79 Å². The number of hydrogen-bond donors (Lipinski definition) is 0. The zero-order valence-electron chi connectivity index (χ0n) is 12.8. The second-order valence-corrected chi connectivity index (χ2v) is 7.18. The molecule has 3 nitrogen and oxygen atoms in total. The number of thioether (sulfide) groups is 1. The molecule has 1 unspecified atom stereocenters. The van der Waals surface area contributed by atoms with E-state index >= 15 is 0 Å². The molecule has 0 amide bonds. The van der Waals surface area contributed by atoms with Gasteiger partial charge in [-0.1, -0.05) is 40.2 Å². The SMILES string of the molecule is COC(=O)c1ccc2c(c1)C(SCCBr)c1ccccc1CO2. The fraction of sp³-hybridized carbons (Fsp3) is 0.278. The predicted octanol–water partition coefficient (Wildman–Crippen LogP) is 4.58. The summed E-state index contributed by atoms with van der Waals surface area (Å²) in [5, 5.41) is 1.06. The van der Waals surface area contributed by atoms with Crippen molar-refractivity contribution in [1.82, 2.24) is 0 Å². The molecule has 1 heterocycles. The van der Waals surface area contributed by atoms with E-state index < -0.39 is 0 Å². The number of carbonyl (C=O) groups excluding carboxylic acids is 1. The van der Waals surface area contributed by atoms with Crippen LogP contribution in [0.5, 0.6) is 5.75 Å². The Bertz CT molecular complexity index is 717. The Morgan fingerprint density at radius 3 is 2.91 bits per heavy atom. The van der Waals surface area contributed by atoms with Gasteiger partial charge in [-0.2, -0.15) is 0 Å². The van der Waals surface area contributed by atoms with Crippen LogP contribution >= 0.6 is 27.7 Å². The largest absolute Gasteiger partial charge is 0.489 e. The normalized spacial score (nSPS) is 15.8. The molecule has 5 heteroatoms. The highest BCUT2D eigenvalue weighted by Crippen LogP contribution is 2.44. The first kappa shape index (κ1) is 16.4. The number of hydrogen-bond acceptors (Lipinski definition) is 4. The minimum Gasteiger partial charge on any atom is -0.489 e. The first-order chi connectivity index (χ1) is 11.2. The maximum Gasteiger partial charge on any atom is 0.337 e. The van der Waals surface area contributed by atoms with E-state index in [4.69, 9.17) is 9.47 Å². The molecule has 3 rings (SSSR count). The third-order valence-corrected chi connectivity index (χ3v) is 6.00. The highest BCUT2D eigenvalue weighted by Gasteiger charge is 2.26. The molecule has 120 valence electrons. The van der Waals surface area contributed by atoms with E-state index in [0.29, 0.717) is 12.2 Å². The van der Waals surface area contributed by atoms with Crippen LogP contribution in [0, 0.1) is 0 Å². The topological polar surface area (TPSA) is 35.5 Å². The summed E-state index contributed by atoms with van der Waals surface area (Å²) in [4.78, 5) is 11.9. The van der Waals surface area contributed by atoms with Gasteiger partial charge in [-0.25, -0.2) is 4.79 Å². The van der Waals surface area contributed by atoms with Crippen LogP contribution in [-0.4, -0.2) is 24.2 Å². The molecule has 0 N–H and O–H groups in total. The van der Waals surface area contributed by atoms with E-state index in [1.165, 1.54) is 18.2 Å². The lowest BCUT2D eigenvalue weighted by Crippen LogP contribution is -2.05. The molecule has 0 aliphatic carbocycles. The molecule has 2 aromatic rings. The van der Waals surface area contributed by atoms with Crippen molar-refractivity contribution in [2.24, 2.45) is 0 Å². The third-order valence-electron chi connectivity index (χ3n) is 3.80. The van der Waals surface area contributed by atoms with Crippen LogP contribution in [0.3, 0.4) is 0 Å². The molecule has 0 aromatic heterocycles. The van der Waals surface area contributed by atoms with E-state index in [2.05, 4.69) is 34.1 Å². The van der Waals surface area contributed by atoms with Crippen LogP contribution in [0.2, 0.25) is 0 Å². The number of halogens is 1. The average Bonchev–Trinajstić information content (AvgIpc) is 2.75. The molecule has 2 aromatic carbocycles. The van der Waals surface area contributed by atoms with E-state index in [0.717, 1.165) is 22.4 Å². The molecule has 1 atom stereocenters. The summed E-state index contributed by atoms with van der Waals surface area (Å²) in [6, 6.07) is 13.9. The maximum absolute atomic E-state index is 11.9. The van der Waals surface area contributed by atoms with Gasteiger partial charge < -0.3 is 9.47 Å². The Labute approximate surface area is 148 Å². The molecule has 1 aliphatic heterocycles. The first-order valence-corrected chi connectivity index (χ1v) is 9.52. The number of methoxy groups -OCH3 is 1. The molecule has 0 saturated carbocycles. The summed E-state index contributed by atoms with van der Waals surface area (Å²) in [5.41, 5.74) is 4.03. The number of carbonyl (C=O) groups is 1. The number of ether oxygens (including phenoxy) is 2. The fourth-order valence-electron chi connectivity index (χ4n) is 2.72. The molecule has 0 spiro atoms. The fourth-order valence-corrected chi connectivity index (χ4v) is 4.37. The van der Waals surface area contributed by atoms with Crippen LogP contribution in [0.25, 0.3) is 0 Å². The van der Waals surface area contributed by atoms with Crippen molar-refractivity contribution < 1.29 is 14.3 Å². The molecular weight excluding hydrogens is 376 g/mol. The van der Waals surface area contributed by atoms with Gasteiger partial charge >= 0.3 is 5.97 Å². The average molecular weight is 393 g/mol. The molecule has 0 bridgehead atoms. The summed E-state index contributed by atoms with van der Waals surface area (Å²) in [6.07, 6.45) is 0. The Morgan fingerprint density at radius 2 is 2.13 bits per heavy atom.